The molecule has 0 fully saturated rings. The van der Waals surface area contributed by atoms with Crippen molar-refractivity contribution in [1.29, 1.82) is 0 Å². The molecule has 3 nitrogen and oxygen atoms in total. The lowest BCUT2D eigenvalue weighted by atomic mass is 10.2. The molecule has 7 heteroatoms. The molecule has 0 saturated heterocycles. The van der Waals surface area contributed by atoms with Crippen LogP contribution in [0, 0.1) is 11.6 Å². The largest absolute Gasteiger partial charge is 0.468 e. The van der Waals surface area contributed by atoms with Crippen molar-refractivity contribution in [2.45, 2.75) is 29.9 Å². The second-order valence-electron chi connectivity index (χ2n) is 3.95. The number of hydrogen-bond acceptors (Lipinski definition) is 4. The van der Waals surface area contributed by atoms with E-state index in [2.05, 4.69) is 4.74 Å². The molecular formula is C13H13ClF2O3S. The molecule has 0 spiro atoms. The van der Waals surface area contributed by atoms with Gasteiger partial charge in [0.1, 0.15) is 16.9 Å². The number of rotatable bonds is 6. The Morgan fingerprint density at radius 1 is 1.35 bits per heavy atom. The molecule has 1 atom stereocenters. The monoisotopic (exact) mass is 322 g/mol. The average molecular weight is 323 g/mol. The molecule has 0 aliphatic rings. The van der Waals surface area contributed by atoms with Gasteiger partial charge in [-0.05, 0) is 24.1 Å². The van der Waals surface area contributed by atoms with E-state index >= 15 is 0 Å². The number of thioether (sulfide) groups is 1. The van der Waals surface area contributed by atoms with Crippen molar-refractivity contribution in [3.05, 3.63) is 29.3 Å². The molecule has 0 bridgehead atoms. The maximum absolute atomic E-state index is 13.7. The van der Waals surface area contributed by atoms with Gasteiger partial charge in [-0.1, -0.05) is 13.3 Å². The van der Waals surface area contributed by atoms with E-state index in [1.807, 2.05) is 6.92 Å². The third kappa shape index (κ3) is 4.18. The van der Waals surface area contributed by atoms with Crippen LogP contribution in [0.2, 0.25) is 0 Å². The van der Waals surface area contributed by atoms with Crippen LogP contribution in [0.25, 0.3) is 0 Å². The lowest BCUT2D eigenvalue weighted by Gasteiger charge is -2.14. The van der Waals surface area contributed by atoms with E-state index < -0.39 is 33.7 Å². The van der Waals surface area contributed by atoms with E-state index in [4.69, 9.17) is 11.6 Å². The van der Waals surface area contributed by atoms with E-state index in [9.17, 15) is 18.4 Å². The first-order valence-corrected chi connectivity index (χ1v) is 7.09. The number of hydrogen-bond donors (Lipinski definition) is 0. The van der Waals surface area contributed by atoms with Crippen molar-refractivity contribution in [3.8, 4) is 0 Å². The number of halogens is 3. The predicted molar refractivity (Wildman–Crippen MR) is 73.1 cm³/mol. The topological polar surface area (TPSA) is 43.4 Å². The summed E-state index contributed by atoms with van der Waals surface area (Å²) in [6.45, 7) is 1.87. The second kappa shape index (κ2) is 7.59. The zero-order valence-electron chi connectivity index (χ0n) is 10.9. The highest BCUT2D eigenvalue weighted by atomic mass is 35.5. The van der Waals surface area contributed by atoms with E-state index in [1.54, 1.807) is 0 Å². The first-order valence-electron chi connectivity index (χ1n) is 5.84. The molecule has 1 rings (SSSR count). The predicted octanol–water partition coefficient (Wildman–Crippen LogP) is 3.78. The number of carbonyl (C=O) groups is 2. The van der Waals surface area contributed by atoms with Gasteiger partial charge in [-0.15, -0.1) is 11.8 Å². The number of methoxy groups -OCH3 is 1. The molecule has 0 aliphatic carbocycles. The van der Waals surface area contributed by atoms with E-state index in [1.165, 1.54) is 7.11 Å². The first-order chi connectivity index (χ1) is 9.40. The number of esters is 1. The lowest BCUT2D eigenvalue weighted by molar-refractivity contribution is -0.140. The number of benzene rings is 1. The normalized spacial score (nSPS) is 12.1. The average Bonchev–Trinajstić information content (AvgIpc) is 2.39. The molecule has 0 heterocycles. The van der Waals surface area contributed by atoms with Crippen LogP contribution < -0.4 is 0 Å². The molecule has 110 valence electrons. The summed E-state index contributed by atoms with van der Waals surface area (Å²) >= 11 is 6.10. The zero-order chi connectivity index (χ0) is 15.3. The summed E-state index contributed by atoms with van der Waals surface area (Å²) in [4.78, 5) is 22.6. The Morgan fingerprint density at radius 3 is 2.50 bits per heavy atom. The Morgan fingerprint density at radius 2 is 2.00 bits per heavy atom. The summed E-state index contributed by atoms with van der Waals surface area (Å²) in [5.74, 6) is -2.38. The summed E-state index contributed by atoms with van der Waals surface area (Å²) in [5.41, 5.74) is -0.421. The molecule has 20 heavy (non-hydrogen) atoms. The van der Waals surface area contributed by atoms with Crippen molar-refractivity contribution in [1.82, 2.24) is 0 Å². The van der Waals surface area contributed by atoms with Gasteiger partial charge in [0, 0.05) is 11.0 Å². The van der Waals surface area contributed by atoms with Crippen molar-refractivity contribution < 1.29 is 23.1 Å². The smallest absolute Gasteiger partial charge is 0.319 e. The van der Waals surface area contributed by atoms with Gasteiger partial charge in [0.15, 0.2) is 0 Å². The minimum absolute atomic E-state index is 0.0146. The van der Waals surface area contributed by atoms with Crippen LogP contribution in [0.3, 0.4) is 0 Å². The fraction of sp³-hybridized carbons (Fsp3) is 0.385. The quantitative estimate of drug-likeness (QED) is 0.454. The molecule has 0 amide bonds. The van der Waals surface area contributed by atoms with Crippen LogP contribution in [0.15, 0.2) is 17.0 Å². The number of carbonyl (C=O) groups excluding carboxylic acids is 2. The van der Waals surface area contributed by atoms with Gasteiger partial charge < -0.3 is 4.74 Å². The Labute approximate surface area is 124 Å². The molecule has 0 saturated carbocycles. The van der Waals surface area contributed by atoms with Crippen LogP contribution in [0.4, 0.5) is 8.78 Å². The fourth-order valence-corrected chi connectivity index (χ4v) is 2.90. The molecule has 0 radical (unpaired) electrons. The summed E-state index contributed by atoms with van der Waals surface area (Å²) in [7, 11) is 1.24. The Hall–Kier alpha value is -1.14. The van der Waals surface area contributed by atoms with E-state index in [-0.39, 0.29) is 4.90 Å². The van der Waals surface area contributed by atoms with Crippen molar-refractivity contribution in [2.75, 3.05) is 7.11 Å². The van der Waals surface area contributed by atoms with Crippen molar-refractivity contribution >= 4 is 34.6 Å². The van der Waals surface area contributed by atoms with Crippen LogP contribution in [-0.2, 0) is 9.53 Å². The Balaban J connectivity index is 3.09. The molecule has 1 aromatic carbocycles. The van der Waals surface area contributed by atoms with Gasteiger partial charge in [-0.2, -0.15) is 0 Å². The fourth-order valence-electron chi connectivity index (χ4n) is 1.54. The summed E-state index contributed by atoms with van der Waals surface area (Å²) in [6, 6.07) is 1.59. The molecule has 0 aliphatic heterocycles. The van der Waals surface area contributed by atoms with Crippen molar-refractivity contribution in [3.63, 3.8) is 0 Å². The zero-order valence-corrected chi connectivity index (χ0v) is 12.5. The minimum atomic E-state index is -1.03. The van der Waals surface area contributed by atoms with E-state index in [0.717, 1.165) is 17.8 Å². The van der Waals surface area contributed by atoms with Crippen molar-refractivity contribution in [2.24, 2.45) is 0 Å². The standard InChI is InChI=1S/C13H13ClF2O3S/c1-3-4-10(13(18)19-2)20-11-5-7(12(14)17)8(15)6-9(11)16/h5-6,10H,3-4H2,1-2H3. The molecule has 1 aromatic rings. The van der Waals surface area contributed by atoms with Crippen LogP contribution in [0.5, 0.6) is 0 Å². The second-order valence-corrected chi connectivity index (χ2v) is 5.54. The molecule has 0 aromatic heterocycles. The first kappa shape index (κ1) is 16.9. The van der Waals surface area contributed by atoms with Crippen LogP contribution >= 0.6 is 23.4 Å². The Kier molecular flexibility index (Phi) is 6.42. The van der Waals surface area contributed by atoms with Gasteiger partial charge >= 0.3 is 5.97 Å². The molecular weight excluding hydrogens is 310 g/mol. The number of ether oxygens (including phenoxy) is 1. The Bertz CT molecular complexity index is 523. The van der Waals surface area contributed by atoms with Gasteiger partial charge in [0.2, 0.25) is 0 Å². The van der Waals surface area contributed by atoms with Crippen LogP contribution in [-0.4, -0.2) is 23.6 Å². The SMILES string of the molecule is CCCC(Sc1cc(C(=O)Cl)c(F)cc1F)C(=O)OC. The highest BCUT2D eigenvalue weighted by Crippen LogP contribution is 2.31. The highest BCUT2D eigenvalue weighted by Gasteiger charge is 2.23. The maximum atomic E-state index is 13.7. The summed E-state index contributed by atoms with van der Waals surface area (Å²) < 4.78 is 31.7. The van der Waals surface area contributed by atoms with Gasteiger partial charge in [0.25, 0.3) is 5.24 Å². The highest BCUT2D eigenvalue weighted by molar-refractivity contribution is 8.00. The van der Waals surface area contributed by atoms with Crippen LogP contribution in [0.1, 0.15) is 30.1 Å². The molecule has 1 unspecified atom stereocenters. The lowest BCUT2D eigenvalue weighted by Crippen LogP contribution is -2.18. The van der Waals surface area contributed by atoms with Gasteiger partial charge in [0.05, 0.1) is 12.7 Å². The third-order valence-electron chi connectivity index (χ3n) is 2.52. The van der Waals surface area contributed by atoms with Gasteiger partial charge in [-0.3, -0.25) is 9.59 Å². The minimum Gasteiger partial charge on any atom is -0.468 e. The summed E-state index contributed by atoms with van der Waals surface area (Å²) in [5, 5.41) is -1.64. The summed E-state index contributed by atoms with van der Waals surface area (Å²) in [6.07, 6.45) is 1.16. The van der Waals surface area contributed by atoms with E-state index in [0.29, 0.717) is 18.9 Å². The maximum Gasteiger partial charge on any atom is 0.319 e. The molecule has 0 N–H and O–H groups in total. The third-order valence-corrected chi connectivity index (χ3v) is 4.00. The van der Waals surface area contributed by atoms with Gasteiger partial charge in [-0.25, -0.2) is 8.78 Å².